The summed E-state index contributed by atoms with van der Waals surface area (Å²) in [5, 5.41) is 3.04. The molecule has 0 saturated carbocycles. The Hall–Kier alpha value is -2.76. The van der Waals surface area contributed by atoms with E-state index in [2.05, 4.69) is 10.2 Å². The molecular formula is C16H14FN3O2. The Bertz CT molecular complexity index is 858. The molecule has 5 nitrogen and oxygen atoms in total. The first-order valence-corrected chi connectivity index (χ1v) is 6.89. The highest BCUT2D eigenvalue weighted by molar-refractivity contribution is 5.79. The SMILES string of the molecule is CCOc1ccc(C)cc1-c1nc2ccc(F)cn2c1N=O. The van der Waals surface area contributed by atoms with E-state index in [1.807, 2.05) is 32.0 Å². The lowest BCUT2D eigenvalue weighted by Gasteiger charge is -2.09. The standard InChI is InChI=1S/C16H14FN3O2/c1-3-22-13-6-4-10(2)8-12(13)15-16(19-21)20-9-11(17)5-7-14(20)18-15/h4-9H,3H2,1-2H3. The maximum atomic E-state index is 13.4. The van der Waals surface area contributed by atoms with E-state index < -0.39 is 5.82 Å². The molecule has 0 N–H and O–H groups in total. The summed E-state index contributed by atoms with van der Waals surface area (Å²) in [7, 11) is 0. The Balaban J connectivity index is 2.30. The van der Waals surface area contributed by atoms with E-state index in [0.717, 1.165) is 5.56 Å². The molecule has 0 radical (unpaired) electrons. The summed E-state index contributed by atoms with van der Waals surface area (Å²) in [5.74, 6) is 0.207. The lowest BCUT2D eigenvalue weighted by atomic mass is 10.1. The lowest BCUT2D eigenvalue weighted by molar-refractivity contribution is 0.341. The Kier molecular flexibility index (Phi) is 3.58. The summed E-state index contributed by atoms with van der Waals surface area (Å²) in [5.41, 5.74) is 2.50. The number of imidazole rings is 1. The molecule has 0 aliphatic heterocycles. The average Bonchev–Trinajstić information content (AvgIpc) is 2.86. The van der Waals surface area contributed by atoms with Gasteiger partial charge in [0.2, 0.25) is 5.82 Å². The van der Waals surface area contributed by atoms with Gasteiger partial charge in [0.05, 0.1) is 6.61 Å². The number of nitrogens with zero attached hydrogens (tertiary/aromatic N) is 3. The molecule has 3 rings (SSSR count). The maximum absolute atomic E-state index is 13.4. The van der Waals surface area contributed by atoms with Gasteiger partial charge < -0.3 is 4.74 Å². The third kappa shape index (κ3) is 2.32. The van der Waals surface area contributed by atoms with Gasteiger partial charge in [-0.25, -0.2) is 9.37 Å². The summed E-state index contributed by atoms with van der Waals surface area (Å²) in [6, 6.07) is 8.41. The molecule has 0 aliphatic rings. The third-order valence-corrected chi connectivity index (χ3v) is 3.33. The fourth-order valence-electron chi connectivity index (χ4n) is 2.38. The number of ether oxygens (including phenoxy) is 1. The van der Waals surface area contributed by atoms with E-state index in [1.165, 1.54) is 22.7 Å². The summed E-state index contributed by atoms with van der Waals surface area (Å²) in [6.07, 6.45) is 1.19. The van der Waals surface area contributed by atoms with Crippen LogP contribution in [-0.4, -0.2) is 16.0 Å². The van der Waals surface area contributed by atoms with E-state index in [4.69, 9.17) is 4.74 Å². The molecule has 0 aliphatic carbocycles. The Morgan fingerprint density at radius 1 is 1.32 bits per heavy atom. The number of aromatic nitrogens is 2. The third-order valence-electron chi connectivity index (χ3n) is 3.33. The van der Waals surface area contributed by atoms with Crippen LogP contribution in [0.25, 0.3) is 16.9 Å². The van der Waals surface area contributed by atoms with Crippen molar-refractivity contribution in [2.75, 3.05) is 6.61 Å². The van der Waals surface area contributed by atoms with Crippen molar-refractivity contribution in [2.45, 2.75) is 13.8 Å². The van der Waals surface area contributed by atoms with Crippen molar-refractivity contribution in [1.82, 2.24) is 9.38 Å². The predicted molar refractivity (Wildman–Crippen MR) is 81.9 cm³/mol. The average molecular weight is 299 g/mol. The highest BCUT2D eigenvalue weighted by atomic mass is 19.1. The first kappa shape index (κ1) is 14.2. The first-order chi connectivity index (χ1) is 10.6. The highest BCUT2D eigenvalue weighted by Crippen LogP contribution is 2.37. The topological polar surface area (TPSA) is 56.0 Å². The van der Waals surface area contributed by atoms with Crippen LogP contribution in [-0.2, 0) is 0 Å². The first-order valence-electron chi connectivity index (χ1n) is 6.89. The second kappa shape index (κ2) is 5.55. The summed E-state index contributed by atoms with van der Waals surface area (Å²) in [4.78, 5) is 15.7. The van der Waals surface area contributed by atoms with E-state index in [1.54, 1.807) is 0 Å². The van der Waals surface area contributed by atoms with Crippen molar-refractivity contribution in [2.24, 2.45) is 5.18 Å². The van der Waals surface area contributed by atoms with Gasteiger partial charge in [-0.15, -0.1) is 4.91 Å². The van der Waals surface area contributed by atoms with Gasteiger partial charge in [-0.1, -0.05) is 11.6 Å². The quantitative estimate of drug-likeness (QED) is 0.677. The van der Waals surface area contributed by atoms with Crippen LogP contribution < -0.4 is 4.74 Å². The van der Waals surface area contributed by atoms with Crippen LogP contribution in [0, 0.1) is 17.6 Å². The predicted octanol–water partition coefficient (Wildman–Crippen LogP) is 4.25. The molecular weight excluding hydrogens is 285 g/mol. The molecule has 0 spiro atoms. The van der Waals surface area contributed by atoms with Gasteiger partial charge in [0.25, 0.3) is 0 Å². The van der Waals surface area contributed by atoms with Gasteiger partial charge in [0.15, 0.2) is 0 Å². The van der Waals surface area contributed by atoms with Crippen molar-refractivity contribution in [3.8, 4) is 17.0 Å². The molecule has 0 unspecified atom stereocenters. The molecule has 0 atom stereocenters. The zero-order valence-corrected chi connectivity index (χ0v) is 12.2. The summed E-state index contributed by atoms with van der Waals surface area (Å²) >= 11 is 0. The largest absolute Gasteiger partial charge is 0.493 e. The van der Waals surface area contributed by atoms with E-state index in [-0.39, 0.29) is 5.82 Å². The van der Waals surface area contributed by atoms with Crippen LogP contribution in [0.4, 0.5) is 10.2 Å². The van der Waals surface area contributed by atoms with Crippen LogP contribution in [0.15, 0.2) is 41.7 Å². The second-order valence-corrected chi connectivity index (χ2v) is 4.88. The van der Waals surface area contributed by atoms with Crippen molar-refractivity contribution < 1.29 is 9.13 Å². The van der Waals surface area contributed by atoms with Crippen LogP contribution in [0.3, 0.4) is 0 Å². The van der Waals surface area contributed by atoms with Crippen molar-refractivity contribution in [3.05, 3.63) is 52.8 Å². The molecule has 0 saturated heterocycles. The number of fused-ring (bicyclic) bond motifs is 1. The Labute approximate surface area is 126 Å². The molecule has 2 heterocycles. The van der Waals surface area contributed by atoms with Crippen molar-refractivity contribution in [1.29, 1.82) is 0 Å². The number of pyridine rings is 1. The van der Waals surface area contributed by atoms with E-state index >= 15 is 0 Å². The smallest absolute Gasteiger partial charge is 0.209 e. The van der Waals surface area contributed by atoms with Crippen LogP contribution in [0.1, 0.15) is 12.5 Å². The second-order valence-electron chi connectivity index (χ2n) is 4.88. The van der Waals surface area contributed by atoms with Gasteiger partial charge in [0, 0.05) is 11.8 Å². The van der Waals surface area contributed by atoms with Crippen LogP contribution in [0.5, 0.6) is 5.75 Å². The molecule has 0 amide bonds. The fraction of sp³-hybridized carbons (Fsp3) is 0.188. The number of hydrogen-bond donors (Lipinski definition) is 0. The van der Waals surface area contributed by atoms with E-state index in [0.29, 0.717) is 29.3 Å². The molecule has 0 fully saturated rings. The molecule has 6 heteroatoms. The van der Waals surface area contributed by atoms with Gasteiger partial charge in [-0.05, 0) is 43.3 Å². The minimum atomic E-state index is -0.462. The Morgan fingerprint density at radius 3 is 2.86 bits per heavy atom. The van der Waals surface area contributed by atoms with Crippen LogP contribution in [0.2, 0.25) is 0 Å². The number of nitroso groups, excluding NO2 is 1. The zero-order chi connectivity index (χ0) is 15.7. The van der Waals surface area contributed by atoms with Gasteiger partial charge in [-0.3, -0.25) is 4.40 Å². The minimum absolute atomic E-state index is 0.0565. The number of aryl methyl sites for hydroxylation is 1. The molecule has 112 valence electrons. The number of hydrogen-bond acceptors (Lipinski definition) is 4. The number of benzene rings is 1. The van der Waals surface area contributed by atoms with Gasteiger partial charge in [0.1, 0.15) is 22.9 Å². The number of rotatable bonds is 4. The molecule has 3 aromatic rings. The normalized spacial score (nSPS) is 10.9. The monoisotopic (exact) mass is 299 g/mol. The van der Waals surface area contributed by atoms with Crippen LogP contribution >= 0.6 is 0 Å². The molecule has 1 aromatic carbocycles. The highest BCUT2D eigenvalue weighted by Gasteiger charge is 2.19. The Morgan fingerprint density at radius 2 is 2.14 bits per heavy atom. The van der Waals surface area contributed by atoms with E-state index in [9.17, 15) is 9.30 Å². The maximum Gasteiger partial charge on any atom is 0.209 e. The zero-order valence-electron chi connectivity index (χ0n) is 12.2. The molecule has 22 heavy (non-hydrogen) atoms. The van der Waals surface area contributed by atoms with Gasteiger partial charge >= 0.3 is 0 Å². The summed E-state index contributed by atoms with van der Waals surface area (Å²) < 4.78 is 20.4. The van der Waals surface area contributed by atoms with Crippen molar-refractivity contribution >= 4 is 11.5 Å². The van der Waals surface area contributed by atoms with Crippen molar-refractivity contribution in [3.63, 3.8) is 0 Å². The molecule has 2 aromatic heterocycles. The lowest BCUT2D eigenvalue weighted by Crippen LogP contribution is -1.95. The minimum Gasteiger partial charge on any atom is -0.493 e. The summed E-state index contributed by atoms with van der Waals surface area (Å²) in [6.45, 7) is 4.30. The number of halogens is 1. The fourth-order valence-corrected chi connectivity index (χ4v) is 2.38. The van der Waals surface area contributed by atoms with Gasteiger partial charge in [-0.2, -0.15) is 0 Å². The molecule has 0 bridgehead atoms.